The third-order valence-electron chi connectivity index (χ3n) is 6.71. The first kappa shape index (κ1) is 30.8. The number of non-ortho nitro benzene ring substituents is 1. The number of allylic oxidation sites excluding steroid dienone is 1. The second-order valence-electron chi connectivity index (χ2n) is 9.47. The summed E-state index contributed by atoms with van der Waals surface area (Å²) >= 11 is 0. The molecule has 1 atom stereocenters. The normalized spacial score (nSPS) is 14.6. The highest BCUT2D eigenvalue weighted by Crippen LogP contribution is 2.41. The van der Waals surface area contributed by atoms with Crippen molar-refractivity contribution in [3.8, 4) is 11.8 Å². The summed E-state index contributed by atoms with van der Waals surface area (Å²) in [6, 6.07) is 24.4. The second kappa shape index (κ2) is 14.6. The van der Waals surface area contributed by atoms with Gasteiger partial charge in [-0.05, 0) is 44.0 Å². The average molecular weight is 581 g/mol. The van der Waals surface area contributed by atoms with E-state index in [4.69, 9.17) is 14.2 Å². The Morgan fingerprint density at radius 2 is 1.56 bits per heavy atom. The van der Waals surface area contributed by atoms with Crippen LogP contribution < -0.4 is 0 Å². The van der Waals surface area contributed by atoms with E-state index < -0.39 is 22.8 Å². The zero-order chi connectivity index (χ0) is 30.8. The number of benzene rings is 3. The molecular weight excluding hydrogens is 548 g/mol. The number of nitro groups is 1. The highest BCUT2D eigenvalue weighted by Gasteiger charge is 2.41. The Labute approximate surface area is 250 Å². The monoisotopic (exact) mass is 580 g/mol. The molecule has 0 bridgehead atoms. The Kier molecular flexibility index (Phi) is 10.5. The zero-order valence-electron chi connectivity index (χ0n) is 24.2. The Hall–Kier alpha value is -5.20. The predicted octanol–water partition coefficient (Wildman–Crippen LogP) is 5.86. The number of nitro benzene ring substituents is 1. The molecule has 43 heavy (non-hydrogen) atoms. The van der Waals surface area contributed by atoms with Gasteiger partial charge in [-0.15, -0.1) is 0 Å². The van der Waals surface area contributed by atoms with Gasteiger partial charge in [0.15, 0.2) is 0 Å². The molecule has 0 radical (unpaired) electrons. The van der Waals surface area contributed by atoms with Gasteiger partial charge in [0.1, 0.15) is 13.3 Å². The molecular formula is C34H32N2O7. The van der Waals surface area contributed by atoms with Crippen LogP contribution in [0, 0.1) is 27.9 Å². The minimum atomic E-state index is -1.01. The van der Waals surface area contributed by atoms with Crippen LogP contribution in [0.1, 0.15) is 37.5 Å². The van der Waals surface area contributed by atoms with Gasteiger partial charge in [-0.3, -0.25) is 10.1 Å². The van der Waals surface area contributed by atoms with E-state index in [1.807, 2.05) is 67.6 Å². The molecule has 4 rings (SSSR count). The smallest absolute Gasteiger partial charge is 0.338 e. The van der Waals surface area contributed by atoms with E-state index in [2.05, 4.69) is 11.8 Å². The molecule has 1 unspecified atom stereocenters. The summed E-state index contributed by atoms with van der Waals surface area (Å²) < 4.78 is 17.0. The van der Waals surface area contributed by atoms with Gasteiger partial charge >= 0.3 is 11.9 Å². The second-order valence-corrected chi connectivity index (χ2v) is 9.47. The SMILES string of the molecule is CCOCN1C(C)=C(C(=O)OCC)C(C#Cc2ccccc2)C(C(=O)OCc2cccc([N+](=O)[O-])c2)=C1c1ccccc1. The van der Waals surface area contributed by atoms with Crippen molar-refractivity contribution in [2.75, 3.05) is 19.9 Å². The zero-order valence-corrected chi connectivity index (χ0v) is 24.2. The first-order valence-electron chi connectivity index (χ1n) is 13.8. The van der Waals surface area contributed by atoms with Crippen LogP contribution in [0.25, 0.3) is 5.70 Å². The van der Waals surface area contributed by atoms with Crippen LogP contribution in [0.4, 0.5) is 5.69 Å². The number of ether oxygens (including phenoxy) is 3. The van der Waals surface area contributed by atoms with Crippen LogP contribution in [0.5, 0.6) is 0 Å². The molecule has 0 amide bonds. The summed E-state index contributed by atoms with van der Waals surface area (Å²) in [7, 11) is 0. The maximum absolute atomic E-state index is 14.1. The quantitative estimate of drug-likeness (QED) is 0.127. The summed E-state index contributed by atoms with van der Waals surface area (Å²) in [6.45, 7) is 5.68. The summed E-state index contributed by atoms with van der Waals surface area (Å²) in [5.41, 5.74) is 3.07. The van der Waals surface area contributed by atoms with Crippen molar-refractivity contribution in [3.05, 3.63) is 129 Å². The number of carbonyl (C=O) groups is 2. The van der Waals surface area contributed by atoms with E-state index in [0.29, 0.717) is 34.7 Å². The molecule has 0 fully saturated rings. The molecule has 0 saturated carbocycles. The van der Waals surface area contributed by atoms with E-state index in [0.717, 1.165) is 0 Å². The lowest BCUT2D eigenvalue weighted by molar-refractivity contribution is -0.384. The molecule has 0 saturated heterocycles. The molecule has 3 aromatic rings. The average Bonchev–Trinajstić information content (AvgIpc) is 3.02. The molecule has 9 nitrogen and oxygen atoms in total. The summed E-state index contributed by atoms with van der Waals surface area (Å²) in [6.07, 6.45) is 0. The van der Waals surface area contributed by atoms with Crippen molar-refractivity contribution in [2.24, 2.45) is 5.92 Å². The van der Waals surface area contributed by atoms with Crippen molar-refractivity contribution in [1.82, 2.24) is 4.90 Å². The molecule has 1 aliphatic heterocycles. The molecule has 0 spiro atoms. The molecule has 9 heteroatoms. The summed E-state index contributed by atoms with van der Waals surface area (Å²) in [4.78, 5) is 40.1. The van der Waals surface area contributed by atoms with Crippen LogP contribution in [0.3, 0.4) is 0 Å². The Morgan fingerprint density at radius 1 is 0.884 bits per heavy atom. The van der Waals surface area contributed by atoms with Gasteiger partial charge in [0, 0.05) is 30.0 Å². The van der Waals surface area contributed by atoms with Crippen LogP contribution in [0.15, 0.2) is 102 Å². The fourth-order valence-corrected chi connectivity index (χ4v) is 4.70. The molecule has 0 aromatic heterocycles. The lowest BCUT2D eigenvalue weighted by atomic mass is 9.83. The maximum Gasteiger partial charge on any atom is 0.338 e. The lowest BCUT2D eigenvalue weighted by Gasteiger charge is -2.37. The molecule has 220 valence electrons. The van der Waals surface area contributed by atoms with E-state index in [9.17, 15) is 19.7 Å². The number of rotatable bonds is 10. The van der Waals surface area contributed by atoms with Gasteiger partial charge in [0.05, 0.1) is 34.3 Å². The van der Waals surface area contributed by atoms with E-state index in [1.165, 1.54) is 18.2 Å². The topological polar surface area (TPSA) is 108 Å². The lowest BCUT2D eigenvalue weighted by Crippen LogP contribution is -2.37. The van der Waals surface area contributed by atoms with Crippen molar-refractivity contribution < 1.29 is 28.7 Å². The van der Waals surface area contributed by atoms with Gasteiger partial charge in [-0.2, -0.15) is 0 Å². The fraction of sp³-hybridized carbons (Fsp3) is 0.235. The summed E-state index contributed by atoms with van der Waals surface area (Å²) in [5.74, 6) is 3.93. The van der Waals surface area contributed by atoms with Crippen LogP contribution in [-0.4, -0.2) is 41.7 Å². The number of hydrogen-bond acceptors (Lipinski definition) is 8. The minimum Gasteiger partial charge on any atom is -0.463 e. The van der Waals surface area contributed by atoms with Crippen LogP contribution in [-0.2, 0) is 30.4 Å². The Balaban J connectivity index is 1.91. The van der Waals surface area contributed by atoms with E-state index >= 15 is 0 Å². The largest absolute Gasteiger partial charge is 0.463 e. The van der Waals surface area contributed by atoms with Crippen LogP contribution in [0.2, 0.25) is 0 Å². The van der Waals surface area contributed by atoms with Crippen molar-refractivity contribution in [1.29, 1.82) is 0 Å². The predicted molar refractivity (Wildman–Crippen MR) is 161 cm³/mol. The van der Waals surface area contributed by atoms with Crippen LogP contribution >= 0.6 is 0 Å². The molecule has 1 heterocycles. The highest BCUT2D eigenvalue weighted by molar-refractivity contribution is 6.04. The fourth-order valence-electron chi connectivity index (χ4n) is 4.70. The Morgan fingerprint density at radius 3 is 2.21 bits per heavy atom. The van der Waals surface area contributed by atoms with Gasteiger partial charge in [-0.25, -0.2) is 9.59 Å². The van der Waals surface area contributed by atoms with Gasteiger partial charge in [-0.1, -0.05) is 72.5 Å². The Bertz CT molecular complexity index is 1600. The molecule has 0 aliphatic carbocycles. The number of carbonyl (C=O) groups excluding carboxylic acids is 2. The van der Waals surface area contributed by atoms with Crippen molar-refractivity contribution >= 4 is 23.3 Å². The third kappa shape index (κ3) is 7.36. The van der Waals surface area contributed by atoms with Crippen molar-refractivity contribution in [3.63, 3.8) is 0 Å². The van der Waals surface area contributed by atoms with Crippen molar-refractivity contribution in [2.45, 2.75) is 27.4 Å². The van der Waals surface area contributed by atoms with Gasteiger partial charge in [0.25, 0.3) is 5.69 Å². The molecule has 3 aromatic carbocycles. The van der Waals surface area contributed by atoms with Gasteiger partial charge in [0.2, 0.25) is 0 Å². The maximum atomic E-state index is 14.1. The standard InChI is InChI=1S/C34H32N2O7/c1-4-41-23-35-24(3)30(33(37)42-5-2)29(20-19-25-13-8-6-9-14-25)31(32(35)27-16-10-7-11-17-27)34(38)43-22-26-15-12-18-28(21-26)36(39)40/h6-18,21,29H,4-5,22-23H2,1-3H3. The number of nitrogens with zero attached hydrogens (tertiary/aromatic N) is 2. The van der Waals surface area contributed by atoms with E-state index in [1.54, 1.807) is 24.8 Å². The minimum absolute atomic E-state index is 0.0515. The first-order valence-corrected chi connectivity index (χ1v) is 13.8. The first-order chi connectivity index (χ1) is 20.8. The molecule has 1 aliphatic rings. The van der Waals surface area contributed by atoms with Gasteiger partial charge < -0.3 is 19.1 Å². The third-order valence-corrected chi connectivity index (χ3v) is 6.71. The number of hydrogen-bond donors (Lipinski definition) is 0. The molecule has 0 N–H and O–H groups in total. The van der Waals surface area contributed by atoms with E-state index in [-0.39, 0.29) is 36.8 Å². The summed E-state index contributed by atoms with van der Waals surface area (Å²) in [5, 5.41) is 11.3. The highest BCUT2D eigenvalue weighted by atomic mass is 16.6. The number of esters is 2.